The Balaban J connectivity index is 1.04. The predicted molar refractivity (Wildman–Crippen MR) is 254 cm³/mol. The van der Waals surface area contributed by atoms with Crippen molar-refractivity contribution < 1.29 is 8.83 Å². The van der Waals surface area contributed by atoms with E-state index in [-0.39, 0.29) is 0 Å². The minimum absolute atomic E-state index is 0.554. The lowest BCUT2D eigenvalue weighted by Gasteiger charge is -2.13. The zero-order valence-electron chi connectivity index (χ0n) is 33.2. The van der Waals surface area contributed by atoms with Gasteiger partial charge in [-0.3, -0.25) is 0 Å². The van der Waals surface area contributed by atoms with Crippen molar-refractivity contribution in [3.8, 4) is 56.4 Å². The number of hydrogen-bond acceptors (Lipinski definition) is 5. The summed E-state index contributed by atoms with van der Waals surface area (Å²) in [6, 6.07) is 69.8. The molecule has 0 radical (unpaired) electrons. The van der Waals surface area contributed by atoms with Crippen molar-refractivity contribution in [1.29, 1.82) is 0 Å². The largest absolute Gasteiger partial charge is 0.456 e. The number of furan rings is 2. The third-order valence-electron chi connectivity index (χ3n) is 12.3. The smallest absolute Gasteiger partial charge is 0.164 e. The van der Waals surface area contributed by atoms with Crippen LogP contribution in [0.15, 0.2) is 209 Å². The van der Waals surface area contributed by atoms with E-state index in [1.807, 2.05) is 60.7 Å². The minimum atomic E-state index is 0.554. The SMILES string of the molecule is c1ccc(-c2nc(-c3ccc4c(c3)oc3cccc(-c5ccccc5)c34)nc(-c3cccc4oc5c6ccccc6c(-c6cccc7c6ccc6ccccc67)cc5c34)n2)cc1. The summed E-state index contributed by atoms with van der Waals surface area (Å²) in [6.07, 6.45) is 0. The Bertz CT molecular complexity index is 3920. The van der Waals surface area contributed by atoms with E-state index in [9.17, 15) is 0 Å². The Hall–Kier alpha value is -8.41. The van der Waals surface area contributed by atoms with Gasteiger partial charge in [-0.25, -0.2) is 15.0 Å². The molecular formula is C57H33N3O2. The average molecular weight is 792 g/mol. The minimum Gasteiger partial charge on any atom is -0.456 e. The molecule has 3 aromatic heterocycles. The Morgan fingerprint density at radius 1 is 0.274 bits per heavy atom. The fraction of sp³-hybridized carbons (Fsp3) is 0. The van der Waals surface area contributed by atoms with Gasteiger partial charge in [0.15, 0.2) is 17.5 Å². The van der Waals surface area contributed by atoms with E-state index in [1.165, 1.54) is 27.1 Å². The number of nitrogens with zero attached hydrogens (tertiary/aromatic N) is 3. The molecule has 0 aliphatic carbocycles. The van der Waals surface area contributed by atoms with E-state index in [2.05, 4.69) is 140 Å². The lowest BCUT2D eigenvalue weighted by Crippen LogP contribution is -2.00. The average Bonchev–Trinajstić information content (AvgIpc) is 3.92. The third kappa shape index (κ3) is 5.32. The van der Waals surface area contributed by atoms with Crippen LogP contribution in [0.1, 0.15) is 0 Å². The Kier molecular flexibility index (Phi) is 7.54. The maximum atomic E-state index is 6.83. The van der Waals surface area contributed by atoms with Crippen LogP contribution >= 0.6 is 0 Å². The molecule has 10 aromatic carbocycles. The number of fused-ring (bicyclic) bond motifs is 11. The molecule has 0 bridgehead atoms. The molecule has 0 spiro atoms. The molecule has 288 valence electrons. The Morgan fingerprint density at radius 3 is 1.68 bits per heavy atom. The first-order valence-corrected chi connectivity index (χ1v) is 20.8. The third-order valence-corrected chi connectivity index (χ3v) is 12.3. The summed E-state index contributed by atoms with van der Waals surface area (Å²) in [5.74, 6) is 1.70. The van der Waals surface area contributed by atoms with Crippen molar-refractivity contribution in [2.75, 3.05) is 0 Å². The van der Waals surface area contributed by atoms with Crippen molar-refractivity contribution in [2.24, 2.45) is 0 Å². The van der Waals surface area contributed by atoms with Gasteiger partial charge in [0.1, 0.15) is 22.3 Å². The molecule has 0 aliphatic rings. The monoisotopic (exact) mass is 791 g/mol. The van der Waals surface area contributed by atoms with Crippen LogP contribution in [0, 0.1) is 0 Å². The molecule has 0 saturated heterocycles. The Labute approximate surface area is 355 Å². The summed E-state index contributed by atoms with van der Waals surface area (Å²) in [5.41, 5.74) is 10.4. The van der Waals surface area contributed by atoms with Crippen molar-refractivity contribution in [2.45, 2.75) is 0 Å². The van der Waals surface area contributed by atoms with E-state index in [0.717, 1.165) is 88.0 Å². The second-order valence-electron chi connectivity index (χ2n) is 15.8. The zero-order valence-corrected chi connectivity index (χ0v) is 33.2. The van der Waals surface area contributed by atoms with E-state index in [4.69, 9.17) is 23.8 Å². The van der Waals surface area contributed by atoms with E-state index in [0.29, 0.717) is 17.5 Å². The first-order valence-electron chi connectivity index (χ1n) is 20.8. The number of benzene rings is 10. The molecule has 13 aromatic rings. The van der Waals surface area contributed by atoms with Crippen LogP contribution in [0.4, 0.5) is 0 Å². The molecule has 0 N–H and O–H groups in total. The van der Waals surface area contributed by atoms with Crippen LogP contribution in [-0.2, 0) is 0 Å². The highest BCUT2D eigenvalue weighted by Crippen LogP contribution is 2.45. The summed E-state index contributed by atoms with van der Waals surface area (Å²) in [5, 5.41) is 11.2. The van der Waals surface area contributed by atoms with E-state index in [1.54, 1.807) is 0 Å². The summed E-state index contributed by atoms with van der Waals surface area (Å²) in [7, 11) is 0. The second-order valence-corrected chi connectivity index (χ2v) is 15.8. The van der Waals surface area contributed by atoms with Crippen molar-refractivity contribution in [3.05, 3.63) is 200 Å². The van der Waals surface area contributed by atoms with Gasteiger partial charge in [-0.1, -0.05) is 170 Å². The van der Waals surface area contributed by atoms with Crippen LogP contribution in [0.3, 0.4) is 0 Å². The van der Waals surface area contributed by atoms with Crippen LogP contribution in [-0.4, -0.2) is 15.0 Å². The van der Waals surface area contributed by atoms with Gasteiger partial charge in [0.05, 0.1) is 0 Å². The normalized spacial score (nSPS) is 11.9. The molecule has 3 heterocycles. The van der Waals surface area contributed by atoms with Crippen LogP contribution < -0.4 is 0 Å². The molecule has 0 fully saturated rings. The molecule has 0 atom stereocenters. The maximum Gasteiger partial charge on any atom is 0.164 e. The number of hydrogen-bond donors (Lipinski definition) is 0. The van der Waals surface area contributed by atoms with Gasteiger partial charge in [-0.15, -0.1) is 0 Å². The van der Waals surface area contributed by atoms with Gasteiger partial charge in [0.2, 0.25) is 0 Å². The van der Waals surface area contributed by atoms with Crippen LogP contribution in [0.5, 0.6) is 0 Å². The lowest BCUT2D eigenvalue weighted by molar-refractivity contribution is 0.669. The second kappa shape index (κ2) is 13.6. The summed E-state index contributed by atoms with van der Waals surface area (Å²) >= 11 is 0. The van der Waals surface area contributed by atoms with E-state index < -0.39 is 0 Å². The molecule has 0 aliphatic heterocycles. The van der Waals surface area contributed by atoms with Gasteiger partial charge in [-0.05, 0) is 79.5 Å². The summed E-state index contributed by atoms with van der Waals surface area (Å²) < 4.78 is 13.4. The van der Waals surface area contributed by atoms with Gasteiger partial charge < -0.3 is 8.83 Å². The highest BCUT2D eigenvalue weighted by Gasteiger charge is 2.22. The highest BCUT2D eigenvalue weighted by atomic mass is 16.3. The molecule has 5 nitrogen and oxygen atoms in total. The molecule has 13 rings (SSSR count). The molecule has 0 saturated carbocycles. The van der Waals surface area contributed by atoms with Gasteiger partial charge >= 0.3 is 0 Å². The Morgan fingerprint density at radius 2 is 0.855 bits per heavy atom. The van der Waals surface area contributed by atoms with Gasteiger partial charge in [0.25, 0.3) is 0 Å². The standard InChI is InChI=1S/C57H33N3O2/c1-3-14-34(15-4-1)39-22-12-26-49-52(39)45-31-29-37(32-51(45)61-49)56-58-55(36-17-5-2-6-18-36)59-57(60-56)46-25-13-27-50-53(46)48-33-47(42-20-9-10-21-44(42)54(48)62-50)41-24-11-23-40-38-19-8-7-16-35(38)28-30-43(40)41/h1-33H. The topological polar surface area (TPSA) is 65.0 Å². The van der Waals surface area contributed by atoms with Gasteiger partial charge in [0, 0.05) is 43.6 Å². The zero-order chi connectivity index (χ0) is 40.7. The molecule has 62 heavy (non-hydrogen) atoms. The first kappa shape index (κ1) is 34.5. The fourth-order valence-corrected chi connectivity index (χ4v) is 9.50. The molecule has 5 heteroatoms. The van der Waals surface area contributed by atoms with Crippen LogP contribution in [0.25, 0.3) is 133 Å². The quantitative estimate of drug-likeness (QED) is 0.162. The summed E-state index contributed by atoms with van der Waals surface area (Å²) in [4.78, 5) is 15.6. The molecule has 0 unspecified atom stereocenters. The molecule has 0 amide bonds. The maximum absolute atomic E-state index is 6.83. The molecular weight excluding hydrogens is 759 g/mol. The number of aromatic nitrogens is 3. The summed E-state index contributed by atoms with van der Waals surface area (Å²) in [6.45, 7) is 0. The van der Waals surface area contributed by atoms with Gasteiger partial charge in [-0.2, -0.15) is 0 Å². The van der Waals surface area contributed by atoms with Crippen molar-refractivity contribution in [3.63, 3.8) is 0 Å². The number of rotatable bonds is 5. The van der Waals surface area contributed by atoms with Crippen molar-refractivity contribution >= 4 is 76.2 Å². The van der Waals surface area contributed by atoms with Crippen LogP contribution in [0.2, 0.25) is 0 Å². The first-order chi connectivity index (χ1) is 30.7. The van der Waals surface area contributed by atoms with E-state index >= 15 is 0 Å². The fourth-order valence-electron chi connectivity index (χ4n) is 9.50. The highest BCUT2D eigenvalue weighted by molar-refractivity contribution is 6.24. The van der Waals surface area contributed by atoms with Crippen molar-refractivity contribution in [1.82, 2.24) is 15.0 Å². The predicted octanol–water partition coefficient (Wildman–Crippen LogP) is 15.5. The lowest BCUT2D eigenvalue weighted by atomic mass is 9.90.